The van der Waals surface area contributed by atoms with Crippen LogP contribution in [-0.2, 0) is 5.41 Å². The lowest BCUT2D eigenvalue weighted by Crippen LogP contribution is -2.11. The molecule has 6 heteroatoms. The van der Waals surface area contributed by atoms with E-state index in [0.29, 0.717) is 10.4 Å². The van der Waals surface area contributed by atoms with E-state index in [1.165, 1.54) is 12.3 Å². The van der Waals surface area contributed by atoms with E-state index >= 15 is 0 Å². The van der Waals surface area contributed by atoms with E-state index in [1.807, 2.05) is 20.8 Å². The molecule has 0 unspecified atom stereocenters. The minimum Gasteiger partial charge on any atom is -0.419 e. The van der Waals surface area contributed by atoms with E-state index < -0.39 is 5.82 Å². The summed E-state index contributed by atoms with van der Waals surface area (Å²) in [6.45, 7) is 5.82. The van der Waals surface area contributed by atoms with Crippen molar-refractivity contribution in [1.82, 2.24) is 15.2 Å². The SMILES string of the molecule is CC(C)(C)c1nnc(-c2ncc(Br)cc2F)o1. The molecule has 0 aromatic carbocycles. The van der Waals surface area contributed by atoms with Crippen molar-refractivity contribution in [2.75, 3.05) is 0 Å². The van der Waals surface area contributed by atoms with Gasteiger partial charge in [0.15, 0.2) is 11.5 Å². The first-order chi connectivity index (χ1) is 7.88. The highest BCUT2D eigenvalue weighted by molar-refractivity contribution is 9.10. The third-order valence-electron chi connectivity index (χ3n) is 2.08. The normalized spacial score (nSPS) is 11.8. The number of nitrogens with zero attached hydrogens (tertiary/aromatic N) is 3. The van der Waals surface area contributed by atoms with Crippen molar-refractivity contribution in [2.24, 2.45) is 0 Å². The second kappa shape index (κ2) is 4.18. The fraction of sp³-hybridized carbons (Fsp3) is 0.364. The topological polar surface area (TPSA) is 51.8 Å². The summed E-state index contributed by atoms with van der Waals surface area (Å²) >= 11 is 3.14. The molecule has 0 amide bonds. The van der Waals surface area contributed by atoms with E-state index in [-0.39, 0.29) is 17.0 Å². The highest BCUT2D eigenvalue weighted by atomic mass is 79.9. The molecular weight excluding hydrogens is 289 g/mol. The van der Waals surface area contributed by atoms with Crippen molar-refractivity contribution in [3.63, 3.8) is 0 Å². The van der Waals surface area contributed by atoms with Crippen LogP contribution in [0.25, 0.3) is 11.6 Å². The Hall–Kier alpha value is -1.30. The van der Waals surface area contributed by atoms with Gasteiger partial charge in [-0.25, -0.2) is 9.37 Å². The molecule has 90 valence electrons. The van der Waals surface area contributed by atoms with Crippen LogP contribution in [0.2, 0.25) is 0 Å². The zero-order chi connectivity index (χ0) is 12.6. The van der Waals surface area contributed by atoms with Crippen LogP contribution in [-0.4, -0.2) is 15.2 Å². The molecule has 0 aliphatic carbocycles. The Bertz CT molecular complexity index is 548. The molecule has 4 nitrogen and oxygen atoms in total. The van der Waals surface area contributed by atoms with Crippen molar-refractivity contribution in [1.29, 1.82) is 0 Å². The Labute approximate surface area is 106 Å². The maximum absolute atomic E-state index is 13.6. The van der Waals surface area contributed by atoms with Gasteiger partial charge in [0, 0.05) is 16.1 Å². The Morgan fingerprint density at radius 2 is 2.00 bits per heavy atom. The van der Waals surface area contributed by atoms with Crippen LogP contribution >= 0.6 is 15.9 Å². The monoisotopic (exact) mass is 299 g/mol. The molecule has 0 radical (unpaired) electrons. The van der Waals surface area contributed by atoms with E-state index in [0.717, 1.165) is 0 Å². The van der Waals surface area contributed by atoms with Gasteiger partial charge in [-0.05, 0) is 22.0 Å². The summed E-state index contributed by atoms with van der Waals surface area (Å²) in [5.41, 5.74) is -0.201. The Balaban J connectivity index is 2.44. The van der Waals surface area contributed by atoms with Gasteiger partial charge in [-0.2, -0.15) is 0 Å². The van der Waals surface area contributed by atoms with E-state index in [1.54, 1.807) is 0 Å². The fourth-order valence-electron chi connectivity index (χ4n) is 1.19. The average Bonchev–Trinajstić information content (AvgIpc) is 2.65. The second-order valence-electron chi connectivity index (χ2n) is 4.65. The molecule has 2 aromatic heterocycles. The lowest BCUT2D eigenvalue weighted by atomic mass is 9.97. The standard InChI is InChI=1S/C11H11BrFN3O/c1-11(2,3)10-16-15-9(17-10)8-7(13)4-6(12)5-14-8/h4-5H,1-3H3. The molecule has 0 saturated carbocycles. The highest BCUT2D eigenvalue weighted by Crippen LogP contribution is 2.26. The second-order valence-corrected chi connectivity index (χ2v) is 5.56. The summed E-state index contributed by atoms with van der Waals surface area (Å²) in [5, 5.41) is 7.70. The molecule has 0 aliphatic heterocycles. The molecule has 0 N–H and O–H groups in total. The van der Waals surface area contributed by atoms with E-state index in [2.05, 4.69) is 31.1 Å². The number of hydrogen-bond acceptors (Lipinski definition) is 4. The van der Waals surface area contributed by atoms with Crippen molar-refractivity contribution in [3.05, 3.63) is 28.4 Å². The molecule has 0 bridgehead atoms. The van der Waals surface area contributed by atoms with Gasteiger partial charge in [-0.15, -0.1) is 10.2 Å². The molecule has 17 heavy (non-hydrogen) atoms. The quantitative estimate of drug-likeness (QED) is 0.810. The number of aromatic nitrogens is 3. The maximum atomic E-state index is 13.6. The summed E-state index contributed by atoms with van der Waals surface area (Å²) in [6.07, 6.45) is 1.49. The highest BCUT2D eigenvalue weighted by Gasteiger charge is 2.23. The molecule has 2 rings (SSSR count). The minimum atomic E-state index is -0.497. The van der Waals surface area contributed by atoms with E-state index in [4.69, 9.17) is 4.42 Å². The molecule has 0 saturated heterocycles. The largest absolute Gasteiger partial charge is 0.419 e. The van der Waals surface area contributed by atoms with Crippen LogP contribution in [0.1, 0.15) is 26.7 Å². The molecule has 0 aliphatic rings. The van der Waals surface area contributed by atoms with Gasteiger partial charge in [0.25, 0.3) is 5.89 Å². The number of hydrogen-bond donors (Lipinski definition) is 0. The van der Waals surface area contributed by atoms with Crippen LogP contribution < -0.4 is 0 Å². The maximum Gasteiger partial charge on any atom is 0.269 e. The van der Waals surface area contributed by atoms with Crippen LogP contribution in [0, 0.1) is 5.82 Å². The molecule has 0 spiro atoms. The molecular formula is C11H11BrFN3O. The Morgan fingerprint density at radius 3 is 2.53 bits per heavy atom. The van der Waals surface area contributed by atoms with Crippen molar-refractivity contribution >= 4 is 15.9 Å². The zero-order valence-corrected chi connectivity index (χ0v) is 11.2. The first-order valence-electron chi connectivity index (χ1n) is 5.03. The summed E-state index contributed by atoms with van der Waals surface area (Å²) < 4.78 is 19.6. The van der Waals surface area contributed by atoms with Crippen LogP contribution in [0.15, 0.2) is 21.2 Å². The Morgan fingerprint density at radius 1 is 1.29 bits per heavy atom. The van der Waals surface area contributed by atoms with Crippen LogP contribution in [0.3, 0.4) is 0 Å². The van der Waals surface area contributed by atoms with Crippen LogP contribution in [0.5, 0.6) is 0 Å². The van der Waals surface area contributed by atoms with Gasteiger partial charge in [0.05, 0.1) is 0 Å². The van der Waals surface area contributed by atoms with Gasteiger partial charge in [0.2, 0.25) is 5.89 Å². The van der Waals surface area contributed by atoms with Crippen molar-refractivity contribution in [3.8, 4) is 11.6 Å². The zero-order valence-electron chi connectivity index (χ0n) is 9.66. The van der Waals surface area contributed by atoms with Gasteiger partial charge in [-0.3, -0.25) is 0 Å². The first-order valence-corrected chi connectivity index (χ1v) is 5.82. The number of halogens is 2. The van der Waals surface area contributed by atoms with Gasteiger partial charge < -0.3 is 4.42 Å². The summed E-state index contributed by atoms with van der Waals surface area (Å²) in [5.74, 6) is 0.0556. The van der Waals surface area contributed by atoms with Crippen molar-refractivity contribution < 1.29 is 8.81 Å². The smallest absolute Gasteiger partial charge is 0.269 e. The van der Waals surface area contributed by atoms with Gasteiger partial charge in [0.1, 0.15) is 0 Å². The summed E-state index contributed by atoms with van der Waals surface area (Å²) in [7, 11) is 0. The van der Waals surface area contributed by atoms with Crippen molar-refractivity contribution in [2.45, 2.75) is 26.2 Å². The summed E-state index contributed by atoms with van der Waals surface area (Å²) in [4.78, 5) is 3.93. The Kier molecular flexibility index (Phi) is 2.99. The lowest BCUT2D eigenvalue weighted by molar-refractivity contribution is 0.397. The third-order valence-corrected chi connectivity index (χ3v) is 2.51. The summed E-state index contributed by atoms with van der Waals surface area (Å²) in [6, 6.07) is 1.31. The lowest BCUT2D eigenvalue weighted by Gasteiger charge is -2.10. The number of rotatable bonds is 1. The van der Waals surface area contributed by atoms with E-state index in [9.17, 15) is 4.39 Å². The van der Waals surface area contributed by atoms with Gasteiger partial charge >= 0.3 is 0 Å². The first kappa shape index (κ1) is 12.2. The molecule has 0 fully saturated rings. The van der Waals surface area contributed by atoms with Gasteiger partial charge in [-0.1, -0.05) is 20.8 Å². The molecule has 2 heterocycles. The third kappa shape index (κ3) is 2.52. The number of pyridine rings is 1. The molecule has 0 atom stereocenters. The minimum absolute atomic E-state index is 0.0659. The molecule has 2 aromatic rings. The van der Waals surface area contributed by atoms with Crippen LogP contribution in [0.4, 0.5) is 4.39 Å². The average molecular weight is 300 g/mol. The fourth-order valence-corrected chi connectivity index (χ4v) is 1.50. The predicted octanol–water partition coefficient (Wildman–Crippen LogP) is 3.33. The predicted molar refractivity (Wildman–Crippen MR) is 63.9 cm³/mol.